The molecule has 0 amide bonds. The molecule has 0 spiro atoms. The largest absolute Gasteiger partial charge is 0.491 e. The normalized spacial score (nSPS) is 31.6. The molecular weight excluding hydrogens is 427 g/mol. The third-order valence-electron chi connectivity index (χ3n) is 8.98. The van der Waals surface area contributed by atoms with Gasteiger partial charge in [0.1, 0.15) is 24.3 Å². The van der Waals surface area contributed by atoms with Crippen LogP contribution >= 0.6 is 0 Å². The summed E-state index contributed by atoms with van der Waals surface area (Å²) in [6, 6.07) is 15.7. The van der Waals surface area contributed by atoms with Crippen LogP contribution in [-0.2, 0) is 5.41 Å². The maximum absolute atomic E-state index is 14.0. The Morgan fingerprint density at radius 3 is 2.12 bits per heavy atom. The van der Waals surface area contributed by atoms with Crippen LogP contribution in [0.2, 0.25) is 0 Å². The maximum atomic E-state index is 14.0. The Labute approximate surface area is 202 Å². The summed E-state index contributed by atoms with van der Waals surface area (Å²) < 4.78 is 20.0. The summed E-state index contributed by atoms with van der Waals surface area (Å²) in [4.78, 5) is 4.32. The van der Waals surface area contributed by atoms with Crippen LogP contribution in [0.5, 0.6) is 5.75 Å². The minimum absolute atomic E-state index is 0.168. The molecule has 1 atom stereocenters. The smallest absolute Gasteiger partial charge is 0.146 e. The minimum atomic E-state index is -0.539. The number of anilines is 1. The van der Waals surface area contributed by atoms with E-state index in [1.165, 1.54) is 50.2 Å². The van der Waals surface area contributed by atoms with Crippen molar-refractivity contribution >= 4 is 5.69 Å². The highest BCUT2D eigenvalue weighted by molar-refractivity contribution is 5.48. The van der Waals surface area contributed by atoms with Crippen LogP contribution < -0.4 is 9.64 Å². The molecule has 2 aromatic rings. The lowest BCUT2D eigenvalue weighted by Crippen LogP contribution is -2.49. The molecule has 1 aliphatic heterocycles. The standard InChI is InChI=1S/C29H37FN2O2/c30-27-3-1-2-4-28(27)32-11-9-31(10-12-32)19-25(33)20-34-26-7-5-24(6-8-26)29-16-21-13-22(17-29)15-23(14-21)18-29/h1-8,21-23,25,33H,9-20H2/t21?,22?,23?,25-,29?/m0/s1. The van der Waals surface area contributed by atoms with Gasteiger partial charge in [-0.25, -0.2) is 4.39 Å². The summed E-state index contributed by atoms with van der Waals surface area (Å²) in [5, 5.41) is 10.6. The van der Waals surface area contributed by atoms with Crippen molar-refractivity contribution < 1.29 is 14.2 Å². The van der Waals surface area contributed by atoms with Crippen LogP contribution in [0.25, 0.3) is 0 Å². The molecular formula is C29H37FN2O2. The molecule has 4 saturated carbocycles. The van der Waals surface area contributed by atoms with E-state index in [1.54, 1.807) is 6.07 Å². The van der Waals surface area contributed by atoms with E-state index in [2.05, 4.69) is 34.1 Å². The van der Waals surface area contributed by atoms with Crippen LogP contribution in [0.4, 0.5) is 10.1 Å². The topological polar surface area (TPSA) is 35.9 Å². The van der Waals surface area contributed by atoms with Crippen molar-refractivity contribution in [2.24, 2.45) is 17.8 Å². The molecule has 2 aromatic carbocycles. The lowest BCUT2D eigenvalue weighted by Gasteiger charge is -2.57. The predicted molar refractivity (Wildman–Crippen MR) is 133 cm³/mol. The molecule has 5 heteroatoms. The zero-order valence-electron chi connectivity index (χ0n) is 20.0. The number of rotatable bonds is 7. The molecule has 0 radical (unpaired) electrons. The molecule has 5 aliphatic rings. The second kappa shape index (κ2) is 9.16. The van der Waals surface area contributed by atoms with Gasteiger partial charge in [-0.1, -0.05) is 24.3 Å². The molecule has 1 heterocycles. The predicted octanol–water partition coefficient (Wildman–Crippen LogP) is 4.86. The van der Waals surface area contributed by atoms with E-state index in [0.29, 0.717) is 24.3 Å². The van der Waals surface area contributed by atoms with Crippen LogP contribution in [0.3, 0.4) is 0 Å². The number of piperazine rings is 1. The van der Waals surface area contributed by atoms with E-state index in [4.69, 9.17) is 4.74 Å². The van der Waals surface area contributed by atoms with Gasteiger partial charge in [0.15, 0.2) is 0 Å². The summed E-state index contributed by atoms with van der Waals surface area (Å²) in [5.74, 6) is 3.53. The van der Waals surface area contributed by atoms with E-state index in [9.17, 15) is 9.50 Å². The fourth-order valence-corrected chi connectivity index (χ4v) is 7.79. The van der Waals surface area contributed by atoms with E-state index in [-0.39, 0.29) is 5.82 Å². The fourth-order valence-electron chi connectivity index (χ4n) is 7.79. The Morgan fingerprint density at radius 2 is 1.50 bits per heavy atom. The van der Waals surface area contributed by atoms with Crippen molar-refractivity contribution in [1.82, 2.24) is 4.90 Å². The summed E-state index contributed by atoms with van der Waals surface area (Å²) >= 11 is 0. The molecule has 1 saturated heterocycles. The molecule has 0 unspecified atom stereocenters. The molecule has 0 aromatic heterocycles. The van der Waals surface area contributed by atoms with Crippen LogP contribution in [0.15, 0.2) is 48.5 Å². The Kier molecular flexibility index (Phi) is 6.02. The van der Waals surface area contributed by atoms with Crippen molar-refractivity contribution in [2.75, 3.05) is 44.2 Å². The molecule has 4 nitrogen and oxygen atoms in total. The number of β-amino-alcohol motifs (C(OH)–C–C–N with tert-alkyl or cyclic N) is 1. The third kappa shape index (κ3) is 4.45. The van der Waals surface area contributed by atoms with Gasteiger partial charge >= 0.3 is 0 Å². The zero-order chi connectivity index (χ0) is 23.1. The second-order valence-corrected chi connectivity index (χ2v) is 11.4. The Morgan fingerprint density at radius 1 is 0.882 bits per heavy atom. The molecule has 5 fully saturated rings. The van der Waals surface area contributed by atoms with Crippen molar-refractivity contribution in [3.63, 3.8) is 0 Å². The van der Waals surface area contributed by atoms with Crippen molar-refractivity contribution in [2.45, 2.75) is 50.0 Å². The number of para-hydroxylation sites is 1. The molecule has 4 aliphatic carbocycles. The lowest BCUT2D eigenvalue weighted by atomic mass is 9.48. The Balaban J connectivity index is 0.980. The molecule has 182 valence electrons. The minimum Gasteiger partial charge on any atom is -0.491 e. The first-order chi connectivity index (χ1) is 16.6. The van der Waals surface area contributed by atoms with Crippen molar-refractivity contribution in [3.8, 4) is 5.75 Å². The monoisotopic (exact) mass is 464 g/mol. The number of aliphatic hydroxyl groups is 1. The SMILES string of the molecule is O[C@H](COc1ccc(C23CC4CC(CC(C4)C2)C3)cc1)CN1CCN(c2ccccc2F)CC1. The van der Waals surface area contributed by atoms with Crippen LogP contribution in [0.1, 0.15) is 44.1 Å². The molecule has 4 bridgehead atoms. The first-order valence-corrected chi connectivity index (χ1v) is 13.2. The number of halogens is 1. The number of aliphatic hydroxyl groups excluding tert-OH is 1. The number of benzene rings is 2. The Hall–Kier alpha value is -2.11. The van der Waals surface area contributed by atoms with Gasteiger partial charge in [-0.05, 0) is 91.5 Å². The summed E-state index contributed by atoms with van der Waals surface area (Å²) in [7, 11) is 0. The van der Waals surface area contributed by atoms with Gasteiger partial charge in [0.05, 0.1) is 5.69 Å². The number of nitrogens with zero attached hydrogens (tertiary/aromatic N) is 2. The molecule has 1 N–H and O–H groups in total. The van der Waals surface area contributed by atoms with Gasteiger partial charge in [-0.3, -0.25) is 4.90 Å². The van der Waals surface area contributed by atoms with Crippen LogP contribution in [0, 0.1) is 23.6 Å². The molecule has 7 rings (SSSR count). The van der Waals surface area contributed by atoms with Gasteiger partial charge in [0, 0.05) is 32.7 Å². The highest BCUT2D eigenvalue weighted by atomic mass is 19.1. The number of hydrogen-bond acceptors (Lipinski definition) is 4. The Bertz CT molecular complexity index is 951. The van der Waals surface area contributed by atoms with E-state index >= 15 is 0 Å². The zero-order valence-corrected chi connectivity index (χ0v) is 20.0. The average Bonchev–Trinajstić information content (AvgIpc) is 2.83. The quantitative estimate of drug-likeness (QED) is 0.635. The summed E-state index contributed by atoms with van der Waals surface area (Å²) in [5.41, 5.74) is 2.59. The van der Waals surface area contributed by atoms with E-state index in [0.717, 1.165) is 49.7 Å². The van der Waals surface area contributed by atoms with Gasteiger partial charge in [0.2, 0.25) is 0 Å². The first kappa shape index (κ1) is 22.4. The van der Waals surface area contributed by atoms with Crippen molar-refractivity contribution in [1.29, 1.82) is 0 Å². The number of ether oxygens (including phenoxy) is 1. The van der Waals surface area contributed by atoms with Gasteiger partial charge in [0.25, 0.3) is 0 Å². The highest BCUT2D eigenvalue weighted by Gasteiger charge is 2.51. The molecule has 34 heavy (non-hydrogen) atoms. The van der Waals surface area contributed by atoms with E-state index < -0.39 is 6.10 Å². The fraction of sp³-hybridized carbons (Fsp3) is 0.586. The third-order valence-corrected chi connectivity index (χ3v) is 8.98. The maximum Gasteiger partial charge on any atom is 0.146 e. The first-order valence-electron chi connectivity index (χ1n) is 13.2. The summed E-state index contributed by atoms with van der Waals surface area (Å²) in [6.07, 6.45) is 8.00. The lowest BCUT2D eigenvalue weighted by molar-refractivity contribution is -0.00522. The van der Waals surface area contributed by atoms with Gasteiger partial charge in [-0.2, -0.15) is 0 Å². The van der Waals surface area contributed by atoms with Crippen LogP contribution in [-0.4, -0.2) is 55.4 Å². The van der Waals surface area contributed by atoms with Crippen molar-refractivity contribution in [3.05, 3.63) is 59.9 Å². The van der Waals surface area contributed by atoms with E-state index in [1.807, 2.05) is 12.1 Å². The van der Waals surface area contributed by atoms with Gasteiger partial charge in [-0.15, -0.1) is 0 Å². The second-order valence-electron chi connectivity index (χ2n) is 11.4. The number of hydrogen-bond donors (Lipinski definition) is 1. The summed E-state index contributed by atoms with van der Waals surface area (Å²) in [6.45, 7) is 4.03. The van der Waals surface area contributed by atoms with Gasteiger partial charge < -0.3 is 14.7 Å². The highest BCUT2D eigenvalue weighted by Crippen LogP contribution is 2.60. The average molecular weight is 465 g/mol.